The van der Waals surface area contributed by atoms with Gasteiger partial charge in [0.2, 0.25) is 0 Å². The van der Waals surface area contributed by atoms with Crippen LogP contribution in [0.2, 0.25) is 0 Å². The zero-order valence-corrected chi connectivity index (χ0v) is 14.9. The first-order valence-corrected chi connectivity index (χ1v) is 8.77. The minimum Gasteiger partial charge on any atom is -0.497 e. The van der Waals surface area contributed by atoms with Gasteiger partial charge >= 0.3 is 0 Å². The third-order valence-electron chi connectivity index (χ3n) is 3.48. The average molecular weight is 311 g/mol. The second-order valence-electron chi connectivity index (χ2n) is 5.58. The molecule has 21 heavy (non-hydrogen) atoms. The fraction of sp³-hybridized carbons (Fsp3) is 0.647. The number of ether oxygens (including phenoxy) is 1. The van der Waals surface area contributed by atoms with Gasteiger partial charge in [-0.1, -0.05) is 26.0 Å². The van der Waals surface area contributed by atoms with Gasteiger partial charge in [0, 0.05) is 23.6 Å². The molecule has 0 spiro atoms. The number of methoxy groups -OCH3 is 1. The summed E-state index contributed by atoms with van der Waals surface area (Å²) in [7, 11) is 5.96. The van der Waals surface area contributed by atoms with Crippen molar-refractivity contribution in [2.24, 2.45) is 0 Å². The van der Waals surface area contributed by atoms with Crippen molar-refractivity contribution in [1.29, 1.82) is 0 Å². The van der Waals surface area contributed by atoms with E-state index in [1.807, 2.05) is 23.9 Å². The number of nitrogens with one attached hydrogen (secondary N) is 1. The number of benzene rings is 1. The first-order valence-electron chi connectivity index (χ1n) is 7.72. The highest BCUT2D eigenvalue weighted by atomic mass is 32.2. The van der Waals surface area contributed by atoms with Crippen molar-refractivity contribution in [3.63, 3.8) is 0 Å². The van der Waals surface area contributed by atoms with E-state index in [0.717, 1.165) is 31.0 Å². The first kappa shape index (κ1) is 18.3. The van der Waals surface area contributed by atoms with E-state index in [1.165, 1.54) is 5.56 Å². The predicted octanol–water partition coefficient (Wildman–Crippen LogP) is 3.42. The molecule has 0 bridgehead atoms. The van der Waals surface area contributed by atoms with Gasteiger partial charge in [-0.3, -0.25) is 0 Å². The van der Waals surface area contributed by atoms with Crippen LogP contribution < -0.4 is 10.1 Å². The minimum absolute atomic E-state index is 0.392. The zero-order chi connectivity index (χ0) is 15.7. The molecule has 0 radical (unpaired) electrons. The van der Waals surface area contributed by atoms with Gasteiger partial charge in [-0.25, -0.2) is 0 Å². The SMILES string of the molecule is CCCNC(c1ccc(OC)cc1)C(C)SCCN(C)C. The minimum atomic E-state index is 0.392. The lowest BCUT2D eigenvalue weighted by Gasteiger charge is -2.26. The van der Waals surface area contributed by atoms with Crippen LogP contribution in [0.4, 0.5) is 0 Å². The molecule has 2 unspecified atom stereocenters. The number of rotatable bonds is 10. The molecule has 1 aromatic carbocycles. The van der Waals surface area contributed by atoms with E-state index < -0.39 is 0 Å². The Morgan fingerprint density at radius 1 is 1.24 bits per heavy atom. The Labute approximate surface area is 134 Å². The molecule has 3 nitrogen and oxygen atoms in total. The second-order valence-corrected chi connectivity index (χ2v) is 7.07. The summed E-state index contributed by atoms with van der Waals surface area (Å²) in [5.41, 5.74) is 1.34. The Kier molecular flexibility index (Phi) is 8.81. The molecular weight excluding hydrogens is 280 g/mol. The van der Waals surface area contributed by atoms with Gasteiger partial charge in [0.05, 0.1) is 7.11 Å². The molecule has 0 heterocycles. The summed E-state index contributed by atoms with van der Waals surface area (Å²) in [4.78, 5) is 2.24. The van der Waals surface area contributed by atoms with Crippen LogP contribution in [0.1, 0.15) is 31.9 Å². The van der Waals surface area contributed by atoms with Crippen molar-refractivity contribution in [2.75, 3.05) is 40.0 Å². The normalized spacial score (nSPS) is 14.2. The molecule has 0 saturated carbocycles. The second kappa shape index (κ2) is 10.1. The zero-order valence-electron chi connectivity index (χ0n) is 14.1. The van der Waals surface area contributed by atoms with Crippen molar-refractivity contribution < 1.29 is 4.74 Å². The Hall–Kier alpha value is -0.710. The van der Waals surface area contributed by atoms with Crippen molar-refractivity contribution in [3.05, 3.63) is 29.8 Å². The number of nitrogens with zero attached hydrogens (tertiary/aromatic N) is 1. The molecule has 0 aliphatic carbocycles. The highest BCUT2D eigenvalue weighted by Gasteiger charge is 2.19. The summed E-state index contributed by atoms with van der Waals surface area (Å²) < 4.78 is 5.25. The van der Waals surface area contributed by atoms with Gasteiger partial charge in [0.25, 0.3) is 0 Å². The lowest BCUT2D eigenvalue weighted by Crippen LogP contribution is -2.30. The molecule has 0 amide bonds. The van der Waals surface area contributed by atoms with Crippen molar-refractivity contribution in [2.45, 2.75) is 31.6 Å². The van der Waals surface area contributed by atoms with Crippen molar-refractivity contribution >= 4 is 11.8 Å². The van der Waals surface area contributed by atoms with Crippen LogP contribution >= 0.6 is 11.8 Å². The van der Waals surface area contributed by atoms with Gasteiger partial charge in [0.15, 0.2) is 0 Å². The molecule has 0 fully saturated rings. The Balaban J connectivity index is 2.68. The molecule has 4 heteroatoms. The van der Waals surface area contributed by atoms with E-state index in [0.29, 0.717) is 11.3 Å². The third kappa shape index (κ3) is 6.72. The van der Waals surface area contributed by atoms with Crippen LogP contribution in [0, 0.1) is 0 Å². The number of thioether (sulfide) groups is 1. The molecule has 0 saturated heterocycles. The van der Waals surface area contributed by atoms with Gasteiger partial charge in [-0.05, 0) is 44.8 Å². The Bertz CT molecular complexity index is 381. The molecule has 120 valence electrons. The van der Waals surface area contributed by atoms with E-state index in [9.17, 15) is 0 Å². The van der Waals surface area contributed by atoms with Crippen LogP contribution in [0.25, 0.3) is 0 Å². The lowest BCUT2D eigenvalue weighted by molar-refractivity contribution is 0.414. The summed E-state index contributed by atoms with van der Waals surface area (Å²) >= 11 is 2.03. The van der Waals surface area contributed by atoms with E-state index in [1.54, 1.807) is 7.11 Å². The molecule has 1 aromatic rings. The van der Waals surface area contributed by atoms with Crippen LogP contribution in [-0.4, -0.2) is 50.2 Å². The maximum Gasteiger partial charge on any atom is 0.118 e. The molecule has 1 rings (SSSR count). The van der Waals surface area contributed by atoms with Gasteiger partial charge < -0.3 is 15.0 Å². The summed E-state index contributed by atoms with van der Waals surface area (Å²) in [6, 6.07) is 8.84. The molecule has 2 atom stereocenters. The fourth-order valence-electron chi connectivity index (χ4n) is 2.18. The van der Waals surface area contributed by atoms with E-state index in [4.69, 9.17) is 4.74 Å². The highest BCUT2D eigenvalue weighted by molar-refractivity contribution is 7.99. The van der Waals surface area contributed by atoms with Crippen LogP contribution in [0.3, 0.4) is 0 Å². The van der Waals surface area contributed by atoms with Crippen LogP contribution in [-0.2, 0) is 0 Å². The monoisotopic (exact) mass is 310 g/mol. The smallest absolute Gasteiger partial charge is 0.118 e. The molecular formula is C17H30N2OS. The quantitative estimate of drug-likeness (QED) is 0.716. The maximum atomic E-state index is 5.25. The number of hydrogen-bond acceptors (Lipinski definition) is 4. The Morgan fingerprint density at radius 2 is 1.90 bits per heavy atom. The van der Waals surface area contributed by atoms with Gasteiger partial charge in [-0.2, -0.15) is 11.8 Å². The fourth-order valence-corrected chi connectivity index (χ4v) is 3.47. The van der Waals surface area contributed by atoms with Gasteiger partial charge in [-0.15, -0.1) is 0 Å². The standard InChI is InChI=1S/C17H30N2OS/c1-6-11-18-17(14(2)21-13-12-19(3)4)15-7-9-16(20-5)10-8-15/h7-10,14,17-18H,6,11-13H2,1-5H3. The summed E-state index contributed by atoms with van der Waals surface area (Å²) in [5, 5.41) is 4.23. The predicted molar refractivity (Wildman–Crippen MR) is 94.5 cm³/mol. The van der Waals surface area contributed by atoms with E-state index in [2.05, 4.69) is 50.3 Å². The first-order chi connectivity index (χ1) is 10.1. The largest absolute Gasteiger partial charge is 0.497 e. The topological polar surface area (TPSA) is 24.5 Å². The summed E-state index contributed by atoms with van der Waals surface area (Å²) in [6.45, 7) is 6.70. The number of hydrogen-bond donors (Lipinski definition) is 1. The van der Waals surface area contributed by atoms with E-state index >= 15 is 0 Å². The Morgan fingerprint density at radius 3 is 2.43 bits per heavy atom. The van der Waals surface area contributed by atoms with E-state index in [-0.39, 0.29) is 0 Å². The average Bonchev–Trinajstić information content (AvgIpc) is 2.48. The molecule has 0 aromatic heterocycles. The molecule has 1 N–H and O–H groups in total. The molecule has 0 aliphatic heterocycles. The highest BCUT2D eigenvalue weighted by Crippen LogP contribution is 2.27. The third-order valence-corrected chi connectivity index (χ3v) is 4.69. The summed E-state index contributed by atoms with van der Waals surface area (Å²) in [5.74, 6) is 2.08. The maximum absolute atomic E-state index is 5.25. The van der Waals surface area contributed by atoms with Crippen LogP contribution in [0.15, 0.2) is 24.3 Å². The molecule has 0 aliphatic rings. The summed E-state index contributed by atoms with van der Waals surface area (Å²) in [6.07, 6.45) is 1.15. The van der Waals surface area contributed by atoms with Crippen molar-refractivity contribution in [1.82, 2.24) is 10.2 Å². The van der Waals surface area contributed by atoms with Crippen molar-refractivity contribution in [3.8, 4) is 5.75 Å². The lowest BCUT2D eigenvalue weighted by atomic mass is 10.0. The van der Waals surface area contributed by atoms with Crippen LogP contribution in [0.5, 0.6) is 5.75 Å². The van der Waals surface area contributed by atoms with Gasteiger partial charge in [0.1, 0.15) is 5.75 Å².